The number of hydrogen-bond donors (Lipinski definition) is 4. The lowest BCUT2D eigenvalue weighted by molar-refractivity contribution is -0.130. The van der Waals surface area contributed by atoms with E-state index in [0.717, 1.165) is 39.3 Å². The third-order valence-electron chi connectivity index (χ3n) is 11.1. The number of alkyl carbamates (subject to hydrolysis) is 1. The molecule has 61 heavy (non-hydrogen) atoms. The summed E-state index contributed by atoms with van der Waals surface area (Å²) >= 11 is 0. The minimum atomic E-state index is -1.10. The van der Waals surface area contributed by atoms with E-state index in [1.807, 2.05) is 128 Å². The number of benzene rings is 2. The first-order valence-electron chi connectivity index (χ1n) is 21.0. The maximum Gasteiger partial charge on any atom is 0.407 e. The molecule has 13 nitrogen and oxygen atoms in total. The summed E-state index contributed by atoms with van der Waals surface area (Å²) in [6, 6.07) is 25.1. The van der Waals surface area contributed by atoms with Crippen LogP contribution in [-0.4, -0.2) is 99.8 Å². The number of carbonyl (C=O) groups excluding carboxylic acids is 4. The van der Waals surface area contributed by atoms with Gasteiger partial charge in [0.05, 0.1) is 31.1 Å². The lowest BCUT2D eigenvalue weighted by Gasteiger charge is -2.39. The lowest BCUT2D eigenvalue weighted by Crippen LogP contribution is -2.58. The third kappa shape index (κ3) is 12.6. The third-order valence-corrected chi connectivity index (χ3v) is 11.1. The monoisotopic (exact) mass is 833 g/mol. The van der Waals surface area contributed by atoms with E-state index in [4.69, 9.17) is 4.74 Å². The molecule has 1 saturated heterocycles. The van der Waals surface area contributed by atoms with Crippen LogP contribution in [0.2, 0.25) is 0 Å². The number of nitrogens with zero attached hydrogens (tertiary/aromatic N) is 4. The first-order valence-corrected chi connectivity index (χ1v) is 21.0. The normalized spacial score (nSPS) is 15.7. The molecule has 0 radical (unpaired) electrons. The highest BCUT2D eigenvalue weighted by Crippen LogP contribution is 2.32. The van der Waals surface area contributed by atoms with Crippen molar-refractivity contribution < 1.29 is 29.0 Å². The lowest BCUT2D eigenvalue weighted by atomic mass is 9.81. The average Bonchev–Trinajstić information content (AvgIpc) is 3.55. The number of hydrogen-bond acceptors (Lipinski definition) is 8. The predicted molar refractivity (Wildman–Crippen MR) is 236 cm³/mol. The molecule has 0 bridgehead atoms. The van der Waals surface area contributed by atoms with Crippen LogP contribution in [0.15, 0.2) is 91.1 Å². The number of nitrogens with one attached hydrogen (secondary N) is 3. The fraction of sp³-hybridized carbons (Fsp3) is 0.458. The molecule has 326 valence electrons. The van der Waals surface area contributed by atoms with Gasteiger partial charge in [-0.2, -0.15) is 0 Å². The molecule has 5 amide bonds. The SMILES string of the molecule is COC(=O)NC(C(=O)NCC(O)CC(NC(=O)C(N1CCN(Cc2cccc(C)n2)C1=O)C(C)(C)C)C(Cc1ccc(-c2cc(C)ccn2)cc1)c1ccccc1)C(C)(C)C. The summed E-state index contributed by atoms with van der Waals surface area (Å²) in [6.45, 7) is 16.2. The molecular formula is C48H63N7O6. The van der Waals surface area contributed by atoms with Crippen LogP contribution >= 0.6 is 0 Å². The van der Waals surface area contributed by atoms with Crippen LogP contribution < -0.4 is 16.0 Å². The molecule has 2 aromatic heterocycles. The second-order valence-corrected chi connectivity index (χ2v) is 18.3. The molecule has 5 unspecified atom stereocenters. The highest BCUT2D eigenvalue weighted by molar-refractivity contribution is 5.89. The van der Waals surface area contributed by atoms with Crippen LogP contribution in [0.1, 0.15) is 82.0 Å². The van der Waals surface area contributed by atoms with Gasteiger partial charge >= 0.3 is 12.1 Å². The van der Waals surface area contributed by atoms with Crippen LogP contribution in [0.5, 0.6) is 0 Å². The van der Waals surface area contributed by atoms with Crippen molar-refractivity contribution in [3.63, 3.8) is 0 Å². The van der Waals surface area contributed by atoms with Crippen molar-refractivity contribution in [1.29, 1.82) is 0 Å². The van der Waals surface area contributed by atoms with Gasteiger partial charge in [-0.3, -0.25) is 19.6 Å². The minimum Gasteiger partial charge on any atom is -0.453 e. The predicted octanol–water partition coefficient (Wildman–Crippen LogP) is 6.56. The number of amides is 5. The van der Waals surface area contributed by atoms with Crippen molar-refractivity contribution in [2.45, 2.75) is 105 Å². The van der Waals surface area contributed by atoms with E-state index in [-0.39, 0.29) is 30.8 Å². The fourth-order valence-corrected chi connectivity index (χ4v) is 7.96. The number of aliphatic hydroxyl groups is 1. The quantitative estimate of drug-likeness (QED) is 0.0986. The zero-order valence-corrected chi connectivity index (χ0v) is 37.1. The zero-order chi connectivity index (χ0) is 44.5. The fourth-order valence-electron chi connectivity index (χ4n) is 7.96. The maximum absolute atomic E-state index is 14.9. The number of urea groups is 1. The second kappa shape index (κ2) is 20.2. The van der Waals surface area contributed by atoms with Crippen LogP contribution in [0.3, 0.4) is 0 Å². The van der Waals surface area contributed by atoms with Crippen LogP contribution in [-0.2, 0) is 27.3 Å². The molecule has 5 atom stereocenters. The van der Waals surface area contributed by atoms with Crippen molar-refractivity contribution in [1.82, 2.24) is 35.7 Å². The summed E-state index contributed by atoms with van der Waals surface area (Å²) in [5.41, 5.74) is 5.23. The Morgan fingerprint density at radius 3 is 2.18 bits per heavy atom. The van der Waals surface area contributed by atoms with Crippen molar-refractivity contribution in [3.05, 3.63) is 119 Å². The number of ether oxygens (including phenoxy) is 1. The number of aryl methyl sites for hydroxylation is 2. The maximum atomic E-state index is 14.9. The van der Waals surface area contributed by atoms with Gasteiger partial charge in [0.25, 0.3) is 0 Å². The van der Waals surface area contributed by atoms with E-state index in [1.165, 1.54) is 7.11 Å². The van der Waals surface area contributed by atoms with E-state index < -0.39 is 47.1 Å². The van der Waals surface area contributed by atoms with Crippen molar-refractivity contribution in [2.75, 3.05) is 26.7 Å². The Balaban J connectivity index is 1.45. The molecule has 13 heteroatoms. The summed E-state index contributed by atoms with van der Waals surface area (Å²) < 4.78 is 4.76. The molecule has 0 spiro atoms. The van der Waals surface area contributed by atoms with E-state index in [2.05, 4.69) is 38.1 Å². The van der Waals surface area contributed by atoms with Gasteiger partial charge in [0.1, 0.15) is 12.1 Å². The number of methoxy groups -OCH3 is 1. The van der Waals surface area contributed by atoms with Gasteiger partial charge in [-0.25, -0.2) is 9.59 Å². The van der Waals surface area contributed by atoms with E-state index >= 15 is 0 Å². The van der Waals surface area contributed by atoms with Gasteiger partial charge in [0, 0.05) is 49.0 Å². The topological polar surface area (TPSA) is 166 Å². The summed E-state index contributed by atoms with van der Waals surface area (Å²) in [5.74, 6) is -1.15. The van der Waals surface area contributed by atoms with Crippen LogP contribution in [0.4, 0.5) is 9.59 Å². The number of pyridine rings is 2. The highest BCUT2D eigenvalue weighted by atomic mass is 16.5. The molecule has 5 rings (SSSR count). The number of aromatic nitrogens is 2. The van der Waals surface area contributed by atoms with Gasteiger partial charge in [-0.1, -0.05) is 102 Å². The Bertz CT molecular complexity index is 2120. The molecule has 1 aliphatic rings. The minimum absolute atomic E-state index is 0.0669. The molecule has 0 saturated carbocycles. The molecule has 4 N–H and O–H groups in total. The largest absolute Gasteiger partial charge is 0.453 e. The molecule has 1 aliphatic heterocycles. The summed E-state index contributed by atoms with van der Waals surface area (Å²) in [7, 11) is 1.23. The summed E-state index contributed by atoms with van der Waals surface area (Å²) in [6.07, 6.45) is 0.519. The van der Waals surface area contributed by atoms with Gasteiger partial charge in [-0.05, 0) is 78.5 Å². The second-order valence-electron chi connectivity index (χ2n) is 18.3. The van der Waals surface area contributed by atoms with E-state index in [9.17, 15) is 24.3 Å². The molecule has 2 aromatic carbocycles. The highest BCUT2D eigenvalue weighted by Gasteiger charge is 2.45. The van der Waals surface area contributed by atoms with E-state index in [0.29, 0.717) is 26.1 Å². The van der Waals surface area contributed by atoms with E-state index in [1.54, 1.807) is 16.0 Å². The zero-order valence-electron chi connectivity index (χ0n) is 37.1. The first-order chi connectivity index (χ1) is 28.8. The summed E-state index contributed by atoms with van der Waals surface area (Å²) in [5, 5.41) is 20.5. The first kappa shape index (κ1) is 46.2. The Morgan fingerprint density at radius 2 is 1.56 bits per heavy atom. The van der Waals surface area contributed by atoms with Crippen molar-refractivity contribution in [3.8, 4) is 11.3 Å². The smallest absolute Gasteiger partial charge is 0.407 e. The Morgan fingerprint density at radius 1 is 0.852 bits per heavy atom. The van der Waals surface area contributed by atoms with Gasteiger partial charge in [0.2, 0.25) is 11.8 Å². The van der Waals surface area contributed by atoms with Gasteiger partial charge < -0.3 is 35.6 Å². The molecule has 3 heterocycles. The molecule has 4 aromatic rings. The Hall–Kier alpha value is -5.82. The van der Waals surface area contributed by atoms with Crippen molar-refractivity contribution in [2.24, 2.45) is 10.8 Å². The number of carbonyl (C=O) groups is 4. The van der Waals surface area contributed by atoms with Crippen molar-refractivity contribution >= 4 is 23.9 Å². The molecular weight excluding hydrogens is 771 g/mol. The summed E-state index contributed by atoms with van der Waals surface area (Å²) in [4.78, 5) is 67.1. The standard InChI is InChI=1S/C48H63N7O6/c1-31-22-23-49-39(26-31)35-20-18-33(19-21-35)27-38(34-15-11-10-12-16-34)40(28-37(56)29-50-43(57)41(47(3,4)5)53-45(59)61-9)52-44(58)42(48(6,7)8)55-25-24-54(46(55)60)30-36-17-13-14-32(2)51-36/h10-23,26,37-38,40-42,56H,24-25,27-30H2,1-9H3,(H,50,57)(H,52,58)(H,53,59). The van der Waals surface area contributed by atoms with Crippen LogP contribution in [0, 0.1) is 24.7 Å². The van der Waals surface area contributed by atoms with Gasteiger partial charge in [-0.15, -0.1) is 0 Å². The van der Waals surface area contributed by atoms with Crippen LogP contribution in [0.25, 0.3) is 11.3 Å². The average molecular weight is 834 g/mol. The molecule has 1 fully saturated rings. The molecule has 0 aliphatic carbocycles. The Labute approximate surface area is 360 Å². The Kier molecular flexibility index (Phi) is 15.3. The number of rotatable bonds is 16. The van der Waals surface area contributed by atoms with Gasteiger partial charge in [0.15, 0.2) is 0 Å². The number of aliphatic hydroxyl groups excluding tert-OH is 1.